The molecular formula is C15H10BrIN8. The van der Waals surface area contributed by atoms with Gasteiger partial charge in [-0.1, -0.05) is 12.1 Å². The number of hydrogen-bond donors (Lipinski definition) is 4. The lowest BCUT2D eigenvalue weighted by molar-refractivity contribution is 0.841. The van der Waals surface area contributed by atoms with Crippen LogP contribution < -0.4 is 22.1 Å². The van der Waals surface area contributed by atoms with Crippen LogP contribution in [0.25, 0.3) is 0 Å². The van der Waals surface area contributed by atoms with Crippen molar-refractivity contribution in [3.05, 3.63) is 42.9 Å². The highest BCUT2D eigenvalue weighted by Crippen LogP contribution is 2.43. The van der Waals surface area contributed by atoms with Gasteiger partial charge in [0, 0.05) is 13.6 Å². The number of nitrogens with two attached hydrogens (primary N) is 2. The second-order valence-electron chi connectivity index (χ2n) is 5.04. The maximum atomic E-state index is 9.32. The van der Waals surface area contributed by atoms with Gasteiger partial charge in [-0.05, 0) is 50.2 Å². The summed E-state index contributed by atoms with van der Waals surface area (Å²) in [7, 11) is 0. The molecule has 10 heteroatoms. The Morgan fingerprint density at radius 1 is 1.32 bits per heavy atom. The Morgan fingerprint density at radius 3 is 2.76 bits per heavy atom. The van der Waals surface area contributed by atoms with Crippen molar-refractivity contribution in [1.29, 1.82) is 10.5 Å². The number of aliphatic imine (C=N–C) groups is 1. The number of nitrogens with one attached hydrogen (secondary N) is 2. The van der Waals surface area contributed by atoms with Crippen molar-refractivity contribution in [1.82, 2.24) is 10.3 Å². The number of halogens is 2. The van der Waals surface area contributed by atoms with Gasteiger partial charge in [0.15, 0.2) is 6.19 Å². The number of benzene rings is 1. The zero-order valence-corrected chi connectivity index (χ0v) is 16.3. The number of anilines is 3. The quantitative estimate of drug-likeness (QED) is 0.262. The van der Waals surface area contributed by atoms with Crippen LogP contribution in [0.2, 0.25) is 0 Å². The van der Waals surface area contributed by atoms with E-state index in [9.17, 15) is 5.26 Å². The summed E-state index contributed by atoms with van der Waals surface area (Å²) >= 11 is 5.77. The molecule has 0 aliphatic carbocycles. The SMILES string of the molecule is N#CNC1=NC(c2cccc(I)c2Br)c2c(nc(N)c(C#N)c2N)N1. The molecule has 0 saturated carbocycles. The number of nitrogen functional groups attached to an aromatic ring is 2. The third-order valence-corrected chi connectivity index (χ3v) is 6.16. The Morgan fingerprint density at radius 2 is 2.08 bits per heavy atom. The van der Waals surface area contributed by atoms with Crippen LogP contribution in [-0.4, -0.2) is 10.9 Å². The molecule has 1 unspecified atom stereocenters. The fourth-order valence-electron chi connectivity index (χ4n) is 2.54. The maximum Gasteiger partial charge on any atom is 0.211 e. The lowest BCUT2D eigenvalue weighted by Crippen LogP contribution is -2.32. The Kier molecular flexibility index (Phi) is 4.65. The number of hydrogen-bond acceptors (Lipinski definition) is 8. The molecule has 25 heavy (non-hydrogen) atoms. The number of nitriles is 2. The van der Waals surface area contributed by atoms with Crippen molar-refractivity contribution in [2.24, 2.45) is 4.99 Å². The van der Waals surface area contributed by atoms with Crippen LogP contribution in [0.3, 0.4) is 0 Å². The van der Waals surface area contributed by atoms with E-state index in [4.69, 9.17) is 16.7 Å². The average molecular weight is 509 g/mol. The highest BCUT2D eigenvalue weighted by Gasteiger charge is 2.30. The molecule has 0 spiro atoms. The summed E-state index contributed by atoms with van der Waals surface area (Å²) in [5.74, 6) is 0.601. The van der Waals surface area contributed by atoms with E-state index in [2.05, 4.69) is 59.1 Å². The largest absolute Gasteiger partial charge is 0.397 e. The van der Waals surface area contributed by atoms with E-state index in [1.807, 2.05) is 30.5 Å². The molecule has 0 radical (unpaired) electrons. The minimum Gasteiger partial charge on any atom is -0.397 e. The Labute approximate surface area is 165 Å². The van der Waals surface area contributed by atoms with Gasteiger partial charge in [-0.15, -0.1) is 0 Å². The van der Waals surface area contributed by atoms with Crippen LogP contribution in [0.4, 0.5) is 17.3 Å². The van der Waals surface area contributed by atoms with Crippen LogP contribution in [0.15, 0.2) is 27.7 Å². The number of pyridine rings is 1. The van der Waals surface area contributed by atoms with Crippen molar-refractivity contribution in [2.75, 3.05) is 16.8 Å². The van der Waals surface area contributed by atoms with Gasteiger partial charge >= 0.3 is 0 Å². The van der Waals surface area contributed by atoms with E-state index in [0.29, 0.717) is 11.4 Å². The van der Waals surface area contributed by atoms with E-state index in [0.717, 1.165) is 13.6 Å². The van der Waals surface area contributed by atoms with Crippen molar-refractivity contribution >= 4 is 61.8 Å². The van der Waals surface area contributed by atoms with Gasteiger partial charge < -0.3 is 16.8 Å². The molecule has 0 fully saturated rings. The summed E-state index contributed by atoms with van der Waals surface area (Å²) in [6, 6.07) is 7.14. The smallest absolute Gasteiger partial charge is 0.211 e. The molecule has 0 saturated heterocycles. The van der Waals surface area contributed by atoms with Gasteiger partial charge in [0.1, 0.15) is 29.3 Å². The van der Waals surface area contributed by atoms with Gasteiger partial charge in [-0.3, -0.25) is 5.32 Å². The lowest BCUT2D eigenvalue weighted by atomic mass is 9.95. The van der Waals surface area contributed by atoms with Crippen molar-refractivity contribution in [3.8, 4) is 12.3 Å². The molecule has 124 valence electrons. The predicted octanol–water partition coefficient (Wildman–Crippen LogP) is 2.43. The molecule has 1 aliphatic rings. The highest BCUT2D eigenvalue weighted by molar-refractivity contribution is 14.1. The van der Waals surface area contributed by atoms with Crippen LogP contribution in [-0.2, 0) is 0 Å². The summed E-state index contributed by atoms with van der Waals surface area (Å²) in [6.07, 6.45) is 1.82. The molecule has 0 amide bonds. The van der Waals surface area contributed by atoms with Crippen LogP contribution in [0, 0.1) is 26.4 Å². The first-order chi connectivity index (χ1) is 12.0. The minimum atomic E-state index is -0.559. The van der Waals surface area contributed by atoms with Gasteiger partial charge in [0.2, 0.25) is 5.96 Å². The zero-order chi connectivity index (χ0) is 18.1. The average Bonchev–Trinajstić information content (AvgIpc) is 2.57. The first kappa shape index (κ1) is 17.3. The van der Waals surface area contributed by atoms with Crippen LogP contribution >= 0.6 is 38.5 Å². The Balaban J connectivity index is 2.30. The van der Waals surface area contributed by atoms with Gasteiger partial charge in [0.05, 0.1) is 5.69 Å². The third-order valence-electron chi connectivity index (χ3n) is 3.63. The fraction of sp³-hybridized carbons (Fsp3) is 0.0667. The number of fused-ring (bicyclic) bond motifs is 1. The van der Waals surface area contributed by atoms with E-state index in [-0.39, 0.29) is 23.0 Å². The van der Waals surface area contributed by atoms with E-state index in [1.165, 1.54) is 0 Å². The number of rotatable bonds is 1. The molecule has 1 aliphatic heterocycles. The second-order valence-corrected chi connectivity index (χ2v) is 7.00. The maximum absolute atomic E-state index is 9.32. The lowest BCUT2D eigenvalue weighted by Gasteiger charge is -2.27. The van der Waals surface area contributed by atoms with Gasteiger partial charge in [-0.25, -0.2) is 9.98 Å². The molecule has 2 heterocycles. The molecule has 6 N–H and O–H groups in total. The summed E-state index contributed by atoms with van der Waals surface area (Å²) in [4.78, 5) is 8.74. The Bertz CT molecular complexity index is 988. The van der Waals surface area contributed by atoms with Gasteiger partial charge in [0.25, 0.3) is 0 Å². The monoisotopic (exact) mass is 508 g/mol. The third kappa shape index (κ3) is 2.94. The van der Waals surface area contributed by atoms with Crippen molar-refractivity contribution in [2.45, 2.75) is 6.04 Å². The highest BCUT2D eigenvalue weighted by atomic mass is 127. The number of aromatic nitrogens is 1. The topological polar surface area (TPSA) is 149 Å². The van der Waals surface area contributed by atoms with Gasteiger partial charge in [-0.2, -0.15) is 10.5 Å². The normalized spacial score (nSPS) is 15.2. The molecule has 0 bridgehead atoms. The van der Waals surface area contributed by atoms with Crippen LogP contribution in [0.1, 0.15) is 22.7 Å². The first-order valence-electron chi connectivity index (χ1n) is 6.90. The molecule has 1 atom stereocenters. The molecule has 3 rings (SSSR count). The summed E-state index contributed by atoms with van der Waals surface area (Å²) in [5, 5.41) is 23.6. The number of guanidine groups is 1. The van der Waals surface area contributed by atoms with E-state index < -0.39 is 6.04 Å². The zero-order valence-electron chi connectivity index (χ0n) is 12.5. The molecule has 8 nitrogen and oxygen atoms in total. The molecular weight excluding hydrogens is 499 g/mol. The van der Waals surface area contributed by atoms with Crippen molar-refractivity contribution < 1.29 is 0 Å². The fourth-order valence-corrected chi connectivity index (χ4v) is 3.54. The Hall–Kier alpha value is -2.57. The molecule has 2 aromatic rings. The first-order valence-corrected chi connectivity index (χ1v) is 8.77. The standard InChI is InChI=1S/C15H10BrIN8/c16-10-6(2-1-3-8(10)17)12-9-11(20)7(4-18)13(21)24-14(9)25-15(23-12)22-5-19/h1-3,12H,(H6,20,21,22,23,24,25). The number of nitrogens with zero attached hydrogens (tertiary/aromatic N) is 4. The minimum absolute atomic E-state index is 0.0184. The summed E-state index contributed by atoms with van der Waals surface area (Å²) in [5.41, 5.74) is 13.7. The van der Waals surface area contributed by atoms with E-state index >= 15 is 0 Å². The summed E-state index contributed by atoms with van der Waals surface area (Å²) in [6.45, 7) is 0. The molecule has 1 aromatic carbocycles. The van der Waals surface area contributed by atoms with E-state index in [1.54, 1.807) is 0 Å². The second kappa shape index (κ2) is 6.74. The summed E-state index contributed by atoms with van der Waals surface area (Å²) < 4.78 is 1.84. The van der Waals surface area contributed by atoms with Crippen LogP contribution in [0.5, 0.6) is 0 Å². The van der Waals surface area contributed by atoms with Crippen molar-refractivity contribution in [3.63, 3.8) is 0 Å². The molecule has 1 aromatic heterocycles. The predicted molar refractivity (Wildman–Crippen MR) is 106 cm³/mol.